The van der Waals surface area contributed by atoms with Gasteiger partial charge in [0.1, 0.15) is 36.4 Å². The van der Waals surface area contributed by atoms with Crippen LogP contribution in [-0.2, 0) is 59.0 Å². The second-order valence-corrected chi connectivity index (χ2v) is 16.3. The van der Waals surface area contributed by atoms with Gasteiger partial charge in [0.2, 0.25) is 17.9 Å². The summed E-state index contributed by atoms with van der Waals surface area (Å²) in [6.07, 6.45) is 6.13. The molecule has 5 fully saturated rings. The maximum Gasteiger partial charge on any atom is 0.348 e. The van der Waals surface area contributed by atoms with E-state index in [9.17, 15) is 24.0 Å². The van der Waals surface area contributed by atoms with Crippen LogP contribution in [0.15, 0.2) is 30.3 Å². The van der Waals surface area contributed by atoms with Crippen LogP contribution in [0.25, 0.3) is 6.08 Å². The SMILES string of the molecule is CCCCCC1(CCCCC)O[C@@H]2[C@H](O1)[C@H]1ON(Cc3cccc(C=CC(=O)O[C@H]4C(=O)OCC4(C)C)c3)[C@H]3C(=O)O[C@@H]2C[C@@]13C(=O)NCCC(=O)NCCO. The lowest BCUT2D eigenvalue weighted by atomic mass is 9.62. The summed E-state index contributed by atoms with van der Waals surface area (Å²) in [7, 11) is 0. The number of carbonyl (C=O) groups excluding carboxylic acids is 5. The molecule has 4 heterocycles. The third-order valence-electron chi connectivity index (χ3n) is 11.5. The predicted molar refractivity (Wildman–Crippen MR) is 200 cm³/mol. The van der Waals surface area contributed by atoms with Gasteiger partial charge in [0.05, 0.1) is 13.2 Å². The Morgan fingerprint density at radius 1 is 0.982 bits per heavy atom. The molecule has 1 aliphatic carbocycles. The molecule has 5 aliphatic rings. The number of hydroxylamine groups is 2. The number of aliphatic hydroxyl groups excluding tert-OH is 1. The molecule has 7 atom stereocenters. The molecule has 1 aromatic rings. The van der Waals surface area contributed by atoms with Gasteiger partial charge in [0.25, 0.3) is 0 Å². The van der Waals surface area contributed by atoms with Crippen LogP contribution in [-0.4, -0.2) is 109 Å². The van der Waals surface area contributed by atoms with Crippen LogP contribution >= 0.6 is 0 Å². The summed E-state index contributed by atoms with van der Waals surface area (Å²) in [6.45, 7) is 8.02. The van der Waals surface area contributed by atoms with Crippen molar-refractivity contribution in [2.45, 2.75) is 141 Å². The molecule has 15 nitrogen and oxygen atoms in total. The number of aliphatic hydroxyl groups is 1. The van der Waals surface area contributed by atoms with Gasteiger partial charge in [-0.2, -0.15) is 5.06 Å². The first kappa shape index (κ1) is 41.7. The summed E-state index contributed by atoms with van der Waals surface area (Å²) < 4.78 is 30.3. The Hall–Kier alpha value is -3.89. The molecule has 1 saturated carbocycles. The maximum atomic E-state index is 14.5. The molecular formula is C41H57N3O12. The predicted octanol–water partition coefficient (Wildman–Crippen LogP) is 3.25. The lowest BCUT2D eigenvalue weighted by Crippen LogP contribution is -2.69. The van der Waals surface area contributed by atoms with Crippen LogP contribution in [0, 0.1) is 10.8 Å². The molecule has 0 radical (unpaired) electrons. The van der Waals surface area contributed by atoms with Crippen molar-refractivity contribution in [3.05, 3.63) is 41.5 Å². The van der Waals surface area contributed by atoms with Gasteiger partial charge in [0.15, 0.2) is 11.8 Å². The summed E-state index contributed by atoms with van der Waals surface area (Å²) in [4.78, 5) is 72.4. The first-order valence-corrected chi connectivity index (χ1v) is 20.2. The Morgan fingerprint density at radius 2 is 1.71 bits per heavy atom. The van der Waals surface area contributed by atoms with Crippen LogP contribution in [0.3, 0.4) is 0 Å². The number of rotatable bonds is 19. The normalized spacial score (nSPS) is 29.8. The highest BCUT2D eigenvalue weighted by atomic mass is 16.8. The van der Waals surface area contributed by atoms with Gasteiger partial charge in [-0.3, -0.25) is 19.2 Å². The van der Waals surface area contributed by atoms with E-state index >= 15 is 0 Å². The summed E-state index contributed by atoms with van der Waals surface area (Å²) in [5, 5.41) is 16.1. The van der Waals surface area contributed by atoms with E-state index in [1.54, 1.807) is 32.1 Å². The van der Waals surface area contributed by atoms with Crippen molar-refractivity contribution in [3.8, 4) is 0 Å². The van der Waals surface area contributed by atoms with E-state index in [1.165, 1.54) is 11.1 Å². The molecule has 15 heteroatoms. The highest BCUT2D eigenvalue weighted by Gasteiger charge is 2.76. The molecule has 0 aromatic heterocycles. The number of amides is 2. The van der Waals surface area contributed by atoms with Crippen molar-refractivity contribution in [2.24, 2.45) is 10.8 Å². The van der Waals surface area contributed by atoms with Crippen molar-refractivity contribution < 1.29 is 57.6 Å². The largest absolute Gasteiger partial charge is 0.462 e. The average Bonchev–Trinajstić information content (AvgIpc) is 3.80. The molecule has 2 amide bonds. The third-order valence-corrected chi connectivity index (χ3v) is 11.5. The molecule has 308 valence electrons. The number of ether oxygens (including phenoxy) is 5. The van der Waals surface area contributed by atoms with Gasteiger partial charge in [-0.05, 0) is 30.0 Å². The highest BCUT2D eigenvalue weighted by molar-refractivity contribution is 5.94. The average molecular weight is 784 g/mol. The minimum Gasteiger partial charge on any atom is -0.462 e. The van der Waals surface area contributed by atoms with Gasteiger partial charge >= 0.3 is 17.9 Å². The van der Waals surface area contributed by atoms with E-state index in [0.717, 1.165) is 44.1 Å². The van der Waals surface area contributed by atoms with E-state index in [-0.39, 0.29) is 51.6 Å². The monoisotopic (exact) mass is 783 g/mol. The second-order valence-electron chi connectivity index (χ2n) is 16.3. The Bertz CT molecular complexity index is 1640. The molecule has 56 heavy (non-hydrogen) atoms. The van der Waals surface area contributed by atoms with E-state index in [0.29, 0.717) is 18.4 Å². The lowest BCUT2D eigenvalue weighted by Gasteiger charge is -2.48. The summed E-state index contributed by atoms with van der Waals surface area (Å²) in [6, 6.07) is 6.13. The molecule has 4 saturated heterocycles. The first-order chi connectivity index (χ1) is 26.9. The molecule has 3 N–H and O–H groups in total. The smallest absolute Gasteiger partial charge is 0.348 e. The topological polar surface area (TPSA) is 188 Å². The molecule has 6 rings (SSSR count). The van der Waals surface area contributed by atoms with Crippen LogP contribution in [0.4, 0.5) is 0 Å². The zero-order valence-electron chi connectivity index (χ0n) is 32.9. The molecule has 2 bridgehead atoms. The van der Waals surface area contributed by atoms with Crippen LogP contribution < -0.4 is 10.6 Å². The van der Waals surface area contributed by atoms with Crippen molar-refractivity contribution in [1.82, 2.24) is 15.7 Å². The first-order valence-electron chi connectivity index (χ1n) is 20.2. The van der Waals surface area contributed by atoms with Crippen LogP contribution in [0.2, 0.25) is 0 Å². The fourth-order valence-electron chi connectivity index (χ4n) is 8.66. The maximum absolute atomic E-state index is 14.5. The van der Waals surface area contributed by atoms with Gasteiger partial charge in [-0.1, -0.05) is 77.6 Å². The Balaban J connectivity index is 1.25. The summed E-state index contributed by atoms with van der Waals surface area (Å²) >= 11 is 0. The fraction of sp³-hybridized carbons (Fsp3) is 0.683. The number of fused-ring (bicyclic) bond motifs is 4. The van der Waals surface area contributed by atoms with Crippen LogP contribution in [0.5, 0.6) is 0 Å². The lowest BCUT2D eigenvalue weighted by molar-refractivity contribution is -0.224. The van der Waals surface area contributed by atoms with Gasteiger partial charge in [-0.15, -0.1) is 0 Å². The third kappa shape index (κ3) is 8.66. The highest BCUT2D eigenvalue weighted by Crippen LogP contribution is 2.58. The number of carbonyl (C=O) groups is 5. The molecule has 4 aliphatic heterocycles. The van der Waals surface area contributed by atoms with E-state index in [1.807, 2.05) is 12.1 Å². The van der Waals surface area contributed by atoms with Crippen molar-refractivity contribution in [2.75, 3.05) is 26.3 Å². The Kier molecular flexibility index (Phi) is 13.2. The molecular weight excluding hydrogens is 726 g/mol. The van der Waals surface area contributed by atoms with Gasteiger partial charge in [-0.25, -0.2) is 9.59 Å². The van der Waals surface area contributed by atoms with Gasteiger partial charge in [0, 0.05) is 50.3 Å². The number of hydrogen-bond acceptors (Lipinski definition) is 13. The molecule has 0 spiro atoms. The van der Waals surface area contributed by atoms with Gasteiger partial charge < -0.3 is 39.4 Å². The van der Waals surface area contributed by atoms with E-state index < -0.39 is 77.0 Å². The molecule has 1 aromatic carbocycles. The second kappa shape index (κ2) is 17.7. The quantitative estimate of drug-likeness (QED) is 0.0804. The molecule has 0 unspecified atom stereocenters. The minimum atomic E-state index is -1.41. The van der Waals surface area contributed by atoms with E-state index in [2.05, 4.69) is 24.5 Å². The number of benzene rings is 1. The standard InChI is InChI=1S/C41H57N3O12/c1-5-7-9-17-40(18-10-8-6-2)54-31-28-23-41(38(50)43-19-16-29(46)42-20-21-45)33(36(48)52-28)44(56-34(41)32(31)55-40)24-27-13-11-12-26(22-27)14-15-30(47)53-35-37(49)51-25-39(35,3)4/h11-15,22,28,31-35,45H,5-10,16-21,23-25H2,1-4H3,(H,42,46)(H,43,50)/t28-,31+,32+,33+,34-,35+,41+/m1/s1. The van der Waals surface area contributed by atoms with Crippen molar-refractivity contribution in [3.63, 3.8) is 0 Å². The van der Waals surface area contributed by atoms with Crippen molar-refractivity contribution >= 4 is 35.8 Å². The number of cyclic esters (lactones) is 1. The number of hydrogen-bond donors (Lipinski definition) is 3. The Labute approximate surface area is 328 Å². The Morgan fingerprint density at radius 3 is 2.39 bits per heavy atom. The van der Waals surface area contributed by atoms with Crippen LogP contribution in [0.1, 0.15) is 103 Å². The number of nitrogens with one attached hydrogen (secondary N) is 2. The zero-order chi connectivity index (χ0) is 40.1. The number of unbranched alkanes of at least 4 members (excludes halogenated alkanes) is 4. The summed E-state index contributed by atoms with van der Waals surface area (Å²) in [5.74, 6) is -3.55. The summed E-state index contributed by atoms with van der Waals surface area (Å²) in [5.41, 5.74) is -0.678. The number of esters is 3. The van der Waals surface area contributed by atoms with Crippen molar-refractivity contribution in [1.29, 1.82) is 0 Å². The zero-order valence-corrected chi connectivity index (χ0v) is 32.9. The fourth-order valence-corrected chi connectivity index (χ4v) is 8.66. The van der Waals surface area contributed by atoms with E-state index in [4.69, 9.17) is 33.6 Å². The minimum absolute atomic E-state index is 0.0106. The number of nitrogens with zero attached hydrogens (tertiary/aromatic N) is 1.